The Hall–Kier alpha value is -5.47. The summed E-state index contributed by atoms with van der Waals surface area (Å²) in [6, 6.07) is 56.8. The molecular weight excluding hydrogens is 801 g/mol. The molecule has 0 radical (unpaired) electrons. The summed E-state index contributed by atoms with van der Waals surface area (Å²) >= 11 is 0. The predicted octanol–water partition coefficient (Wildman–Crippen LogP) is 6.51. The first-order chi connectivity index (χ1) is 29.7. The van der Waals surface area contributed by atoms with Gasteiger partial charge in [0.05, 0.1) is 25.3 Å². The molecule has 4 atom stereocenters. The van der Waals surface area contributed by atoms with E-state index in [1.807, 2.05) is 133 Å². The van der Waals surface area contributed by atoms with Crippen LogP contribution in [0.25, 0.3) is 0 Å². The molecule has 0 spiro atoms. The molecule has 0 aromatic heterocycles. The van der Waals surface area contributed by atoms with E-state index in [0.717, 1.165) is 31.9 Å². The second-order valence-electron chi connectivity index (χ2n) is 18.0. The molecule has 6 N–H and O–H groups in total. The lowest BCUT2D eigenvalue weighted by atomic mass is 9.92. The predicted molar refractivity (Wildman–Crippen MR) is 258 cm³/mol. The lowest BCUT2D eigenvalue weighted by Crippen LogP contribution is -2.67. The minimum atomic E-state index is -2.99. The van der Waals surface area contributed by atoms with Gasteiger partial charge in [-0.2, -0.15) is 0 Å². The van der Waals surface area contributed by atoms with Crippen molar-refractivity contribution in [3.63, 3.8) is 0 Å². The molecule has 0 aliphatic carbocycles. The molecule has 0 bridgehead atoms. The minimum Gasteiger partial charge on any atom is -0.405 e. The summed E-state index contributed by atoms with van der Waals surface area (Å²) in [6.07, 6.45) is 0. The standard InChI is InChI=1S/C52H62N4O4Si2/c1-51(2,3)61(41-29-17-9-18-30-41,42-31-19-10-20-32-42)59-37-45(53)49(57)55-47(39-25-13-7-14-26-39)48(40-27-15-8-16-28-40)56-50(58)46(54)38-60-62(52(4,5)6,43-33-21-11-22-34-43)44-35-23-12-24-36-44/h7-36,45-48H,37-38,53-54H2,1-6H3,(H,55,57)(H,56,58)/t45-,46-,47-,48-/m0/s1. The molecule has 6 aromatic carbocycles. The SMILES string of the molecule is CC(C)(C)[Si](OC[C@H](N)C(=O)N[C@@H](c1ccccc1)[C@@H](NC(=O)[C@@H](N)CO[Si](c1ccccc1)(c1ccccc1)C(C)(C)C)c1ccccc1)(c1ccccc1)c1ccccc1. The largest absolute Gasteiger partial charge is 0.405 e. The molecule has 6 aromatic rings. The Labute approximate surface area is 370 Å². The van der Waals surface area contributed by atoms with Crippen LogP contribution in [0.5, 0.6) is 0 Å². The van der Waals surface area contributed by atoms with E-state index in [1.165, 1.54) is 0 Å². The summed E-state index contributed by atoms with van der Waals surface area (Å²) < 4.78 is 14.2. The number of benzene rings is 6. The fraction of sp³-hybridized carbons (Fsp3) is 0.269. The number of hydrogen-bond acceptors (Lipinski definition) is 6. The maximum absolute atomic E-state index is 14.4. The van der Waals surface area contributed by atoms with Crippen LogP contribution in [0.3, 0.4) is 0 Å². The van der Waals surface area contributed by atoms with Crippen LogP contribution in [0.15, 0.2) is 182 Å². The Morgan fingerprint density at radius 3 is 0.887 bits per heavy atom. The highest BCUT2D eigenvalue weighted by Crippen LogP contribution is 2.38. The molecule has 6 rings (SSSR count). The van der Waals surface area contributed by atoms with E-state index in [9.17, 15) is 9.59 Å². The van der Waals surface area contributed by atoms with Crippen molar-refractivity contribution in [2.24, 2.45) is 11.5 Å². The molecule has 0 saturated heterocycles. The van der Waals surface area contributed by atoms with E-state index in [4.69, 9.17) is 20.3 Å². The molecule has 0 aliphatic rings. The van der Waals surface area contributed by atoms with E-state index < -0.39 is 52.6 Å². The molecule has 0 fully saturated rings. The molecule has 0 aliphatic heterocycles. The first-order valence-corrected chi connectivity index (χ1v) is 25.2. The summed E-state index contributed by atoms with van der Waals surface area (Å²) in [5.74, 6) is -0.822. The smallest absolute Gasteiger partial charge is 0.261 e. The Morgan fingerprint density at radius 2 is 0.661 bits per heavy atom. The van der Waals surface area contributed by atoms with Gasteiger partial charge in [0.25, 0.3) is 16.6 Å². The van der Waals surface area contributed by atoms with Gasteiger partial charge < -0.3 is 31.0 Å². The molecule has 8 nitrogen and oxygen atoms in total. The third kappa shape index (κ3) is 10.1. The van der Waals surface area contributed by atoms with Gasteiger partial charge in [-0.3, -0.25) is 9.59 Å². The van der Waals surface area contributed by atoms with E-state index >= 15 is 0 Å². The number of amides is 2. The van der Waals surface area contributed by atoms with Gasteiger partial charge in [-0.15, -0.1) is 0 Å². The first-order valence-electron chi connectivity index (χ1n) is 21.4. The van der Waals surface area contributed by atoms with Crippen LogP contribution in [0.4, 0.5) is 0 Å². The molecule has 10 heteroatoms. The zero-order valence-corrected chi connectivity index (χ0v) is 38.8. The van der Waals surface area contributed by atoms with Crippen LogP contribution in [0.1, 0.15) is 64.8 Å². The molecular formula is C52H62N4O4Si2. The van der Waals surface area contributed by atoms with Crippen LogP contribution in [-0.4, -0.2) is 53.7 Å². The maximum atomic E-state index is 14.4. The summed E-state index contributed by atoms with van der Waals surface area (Å²) in [5.41, 5.74) is 15.2. The lowest BCUT2D eigenvalue weighted by Gasteiger charge is -2.43. The zero-order chi connectivity index (χ0) is 44.4. The average molecular weight is 863 g/mol. The van der Waals surface area contributed by atoms with Crippen LogP contribution in [0.2, 0.25) is 10.1 Å². The minimum absolute atomic E-state index is 0.0204. The zero-order valence-electron chi connectivity index (χ0n) is 36.8. The highest BCUT2D eigenvalue weighted by Gasteiger charge is 2.52. The molecule has 0 heterocycles. The Balaban J connectivity index is 1.28. The van der Waals surface area contributed by atoms with Crippen molar-refractivity contribution >= 4 is 49.2 Å². The van der Waals surface area contributed by atoms with Gasteiger partial charge in [0.15, 0.2) is 0 Å². The van der Waals surface area contributed by atoms with Gasteiger partial charge in [0.2, 0.25) is 11.8 Å². The third-order valence-electron chi connectivity index (χ3n) is 11.7. The molecule has 0 unspecified atom stereocenters. The summed E-state index contributed by atoms with van der Waals surface area (Å²) in [7, 11) is -5.98. The Bertz CT molecular complexity index is 2060. The van der Waals surface area contributed by atoms with E-state index in [1.54, 1.807) is 0 Å². The van der Waals surface area contributed by atoms with Crippen molar-refractivity contribution in [2.75, 3.05) is 13.2 Å². The van der Waals surface area contributed by atoms with Crippen LogP contribution in [-0.2, 0) is 18.4 Å². The summed E-state index contributed by atoms with van der Waals surface area (Å²) in [6.45, 7) is 13.1. The van der Waals surface area contributed by atoms with Gasteiger partial charge in [0.1, 0.15) is 12.1 Å². The number of nitrogens with one attached hydrogen (secondary N) is 2. The summed E-state index contributed by atoms with van der Waals surface area (Å²) in [5, 5.41) is 10.2. The van der Waals surface area contributed by atoms with Gasteiger partial charge in [-0.05, 0) is 42.0 Å². The van der Waals surface area contributed by atoms with Crippen molar-refractivity contribution in [3.05, 3.63) is 193 Å². The third-order valence-corrected chi connectivity index (χ3v) is 21.7. The van der Waals surface area contributed by atoms with Gasteiger partial charge in [0, 0.05) is 0 Å². The average Bonchev–Trinajstić information content (AvgIpc) is 3.28. The van der Waals surface area contributed by atoms with Crippen molar-refractivity contribution in [1.29, 1.82) is 0 Å². The summed E-state index contributed by atoms with van der Waals surface area (Å²) in [4.78, 5) is 28.9. The number of carbonyl (C=O) groups excluding carboxylic acids is 2. The quantitative estimate of drug-likeness (QED) is 0.0776. The fourth-order valence-corrected chi connectivity index (χ4v) is 17.8. The molecule has 2 amide bonds. The van der Waals surface area contributed by atoms with Crippen LogP contribution >= 0.6 is 0 Å². The highest BCUT2D eigenvalue weighted by molar-refractivity contribution is 7.00. The number of rotatable bonds is 17. The maximum Gasteiger partial charge on any atom is 0.261 e. The van der Waals surface area contributed by atoms with E-state index in [0.29, 0.717) is 0 Å². The van der Waals surface area contributed by atoms with Crippen molar-refractivity contribution < 1.29 is 18.4 Å². The van der Waals surface area contributed by atoms with Gasteiger partial charge in [-0.1, -0.05) is 224 Å². The topological polar surface area (TPSA) is 129 Å². The second-order valence-corrected chi connectivity index (χ2v) is 26.6. The number of carbonyl (C=O) groups is 2. The number of nitrogens with two attached hydrogens (primary N) is 2. The van der Waals surface area contributed by atoms with Crippen LogP contribution in [0, 0.1) is 0 Å². The first kappa shape index (κ1) is 46.0. The monoisotopic (exact) mass is 862 g/mol. The molecule has 0 saturated carbocycles. The van der Waals surface area contributed by atoms with Crippen molar-refractivity contribution in [1.82, 2.24) is 10.6 Å². The van der Waals surface area contributed by atoms with Gasteiger partial charge >= 0.3 is 0 Å². The molecule has 322 valence electrons. The normalized spacial score (nSPS) is 14.3. The second kappa shape index (κ2) is 20.1. The number of hydrogen-bond donors (Lipinski definition) is 4. The molecule has 62 heavy (non-hydrogen) atoms. The van der Waals surface area contributed by atoms with Crippen molar-refractivity contribution in [2.45, 2.75) is 75.8 Å². The van der Waals surface area contributed by atoms with E-state index in [-0.39, 0.29) is 23.3 Å². The lowest BCUT2D eigenvalue weighted by molar-refractivity contribution is -0.126. The van der Waals surface area contributed by atoms with Crippen molar-refractivity contribution in [3.8, 4) is 0 Å². The van der Waals surface area contributed by atoms with Crippen LogP contribution < -0.4 is 42.8 Å². The fourth-order valence-electron chi connectivity index (χ4n) is 8.66. The Morgan fingerprint density at radius 1 is 0.435 bits per heavy atom. The highest BCUT2D eigenvalue weighted by atomic mass is 28.4. The Kier molecular flexibility index (Phi) is 15.0. The van der Waals surface area contributed by atoms with Gasteiger partial charge in [-0.25, -0.2) is 0 Å². The van der Waals surface area contributed by atoms with E-state index in [2.05, 4.69) is 101 Å².